The molecule has 0 N–H and O–H groups in total. The summed E-state index contributed by atoms with van der Waals surface area (Å²) in [4.78, 5) is 13.7. The predicted octanol–water partition coefficient (Wildman–Crippen LogP) is 6.16. The molecule has 4 aromatic rings. The number of methoxy groups -OCH3 is 1. The van der Waals surface area contributed by atoms with Gasteiger partial charge in [-0.2, -0.15) is 5.10 Å². The molecule has 4 unspecified atom stereocenters. The van der Waals surface area contributed by atoms with Gasteiger partial charge in [0.15, 0.2) is 5.78 Å². The molecule has 5 atom stereocenters. The third-order valence-electron chi connectivity index (χ3n) is 9.80. The summed E-state index contributed by atoms with van der Waals surface area (Å²) in [6.07, 6.45) is 8.26. The summed E-state index contributed by atoms with van der Waals surface area (Å²) in [7, 11) is 1.70. The number of pyridine rings is 1. The molecule has 3 heterocycles. The summed E-state index contributed by atoms with van der Waals surface area (Å²) in [5, 5.41) is 6.33. The van der Waals surface area contributed by atoms with E-state index >= 15 is 0 Å². The van der Waals surface area contributed by atoms with Gasteiger partial charge in [-0.1, -0.05) is 18.2 Å². The number of aryl methyl sites for hydroxylation is 1. The van der Waals surface area contributed by atoms with Crippen LogP contribution < -0.4 is 4.74 Å². The van der Waals surface area contributed by atoms with Gasteiger partial charge in [0.2, 0.25) is 0 Å². The van der Waals surface area contributed by atoms with Crippen molar-refractivity contribution in [3.63, 3.8) is 0 Å². The molecule has 4 saturated carbocycles. The van der Waals surface area contributed by atoms with Crippen LogP contribution in [0.1, 0.15) is 48.0 Å². The summed E-state index contributed by atoms with van der Waals surface area (Å²) in [6, 6.07) is 12.9. The molecule has 8 rings (SSSR count). The molecule has 0 saturated heterocycles. The highest BCUT2D eigenvalue weighted by atomic mass is 16.5. The van der Waals surface area contributed by atoms with E-state index in [2.05, 4.69) is 41.8 Å². The van der Waals surface area contributed by atoms with Crippen molar-refractivity contribution in [3.05, 3.63) is 53.7 Å². The van der Waals surface area contributed by atoms with Crippen LogP contribution in [-0.4, -0.2) is 27.1 Å². The number of carbonyl (C=O) groups excluding carboxylic acids is 1. The molecule has 4 aliphatic carbocycles. The van der Waals surface area contributed by atoms with Crippen molar-refractivity contribution in [2.75, 3.05) is 7.11 Å². The van der Waals surface area contributed by atoms with Crippen LogP contribution in [0.2, 0.25) is 0 Å². The first-order chi connectivity index (χ1) is 17.1. The van der Waals surface area contributed by atoms with Gasteiger partial charge in [0.05, 0.1) is 12.8 Å². The molecular formula is C30H31N3O2. The average Bonchev–Trinajstić information content (AvgIpc) is 3.52. The number of fused-ring (bicyclic) bond motifs is 2. The van der Waals surface area contributed by atoms with Crippen LogP contribution in [0.5, 0.6) is 5.75 Å². The molecule has 0 radical (unpaired) electrons. The third-order valence-corrected chi connectivity index (χ3v) is 9.80. The van der Waals surface area contributed by atoms with Crippen LogP contribution in [-0.2, 0) is 6.54 Å². The van der Waals surface area contributed by atoms with Gasteiger partial charge in [-0.05, 0) is 86.8 Å². The number of Topliss-reactive ketones (excluding diaryl/α,β-unsaturated/α-hetero) is 1. The van der Waals surface area contributed by atoms with Crippen LogP contribution in [0.25, 0.3) is 27.8 Å². The third kappa shape index (κ3) is 2.75. The molecule has 4 aliphatic rings. The van der Waals surface area contributed by atoms with E-state index in [-0.39, 0.29) is 5.92 Å². The van der Waals surface area contributed by atoms with Gasteiger partial charge in [0, 0.05) is 40.7 Å². The molecule has 35 heavy (non-hydrogen) atoms. The molecule has 5 heteroatoms. The Morgan fingerprint density at radius 1 is 1.11 bits per heavy atom. The van der Waals surface area contributed by atoms with Crippen molar-refractivity contribution in [1.82, 2.24) is 14.2 Å². The summed E-state index contributed by atoms with van der Waals surface area (Å²) in [5.74, 6) is 5.13. The lowest BCUT2D eigenvalue weighted by Gasteiger charge is -2.53. The molecule has 178 valence electrons. The van der Waals surface area contributed by atoms with Gasteiger partial charge in [-0.3, -0.25) is 4.79 Å². The Morgan fingerprint density at radius 2 is 1.94 bits per heavy atom. The summed E-state index contributed by atoms with van der Waals surface area (Å²) in [5.41, 5.74) is 6.20. The van der Waals surface area contributed by atoms with Crippen molar-refractivity contribution >= 4 is 22.2 Å². The lowest BCUT2D eigenvalue weighted by molar-refractivity contribution is -0.0459. The molecule has 4 fully saturated rings. The molecule has 1 aromatic carbocycles. The zero-order valence-corrected chi connectivity index (χ0v) is 20.4. The van der Waals surface area contributed by atoms with Crippen molar-refractivity contribution in [3.8, 4) is 17.1 Å². The number of ketones is 1. The van der Waals surface area contributed by atoms with Crippen LogP contribution in [0.4, 0.5) is 0 Å². The van der Waals surface area contributed by atoms with Gasteiger partial charge in [0.25, 0.3) is 0 Å². The number of para-hydroxylation sites is 1. The number of benzene rings is 1. The van der Waals surface area contributed by atoms with Crippen LogP contribution >= 0.6 is 0 Å². The lowest BCUT2D eigenvalue weighted by Crippen LogP contribution is -2.47. The molecule has 0 aliphatic heterocycles. The molecule has 0 spiro atoms. The molecular weight excluding hydrogens is 434 g/mol. The van der Waals surface area contributed by atoms with Crippen LogP contribution in [0, 0.1) is 42.4 Å². The Hall–Kier alpha value is -3.08. The van der Waals surface area contributed by atoms with E-state index in [1.807, 2.05) is 16.8 Å². The number of carbonyl (C=O) groups is 1. The highest BCUT2D eigenvalue weighted by molar-refractivity contribution is 5.99. The minimum atomic E-state index is 0.183. The standard InChI is InChI=1S/C30H31N3O2/c1-16-28(25-12-18-5-3-4-6-24(18)32(25)14-17-7-8-17)31-33-15-21(13-26(35-2)29(16)33)30(34)23-11-20-9-19-10-22(23)27(19)20/h3-6,12-13,15,17,19-20,22-23,27H,7-11,14H2,1-2H3/t19?,20?,22?,23?,27-/m1/s1. The SMILES string of the molecule is COc1cc(C(=O)C2CC3CC4CC2[C@@H]34)cn2nc(-c3cc4ccccc4n3CC3CC3)c(C)c12. The highest BCUT2D eigenvalue weighted by Gasteiger charge is 2.62. The maximum atomic E-state index is 13.7. The maximum Gasteiger partial charge on any atom is 0.167 e. The smallest absolute Gasteiger partial charge is 0.167 e. The minimum Gasteiger partial charge on any atom is -0.494 e. The molecule has 0 bridgehead atoms. The van der Waals surface area contributed by atoms with Crippen molar-refractivity contribution in [2.24, 2.45) is 35.5 Å². The van der Waals surface area contributed by atoms with E-state index in [0.29, 0.717) is 11.7 Å². The first-order valence-corrected chi connectivity index (χ1v) is 13.3. The Balaban J connectivity index is 1.25. The quantitative estimate of drug-likeness (QED) is 0.321. The largest absolute Gasteiger partial charge is 0.494 e. The lowest BCUT2D eigenvalue weighted by atomic mass is 9.51. The second-order valence-electron chi connectivity index (χ2n) is 11.6. The van der Waals surface area contributed by atoms with Crippen LogP contribution in [0.3, 0.4) is 0 Å². The average molecular weight is 466 g/mol. The first-order valence-electron chi connectivity index (χ1n) is 13.3. The Morgan fingerprint density at radius 3 is 2.71 bits per heavy atom. The highest BCUT2D eigenvalue weighted by Crippen LogP contribution is 2.68. The number of rotatable bonds is 6. The second kappa shape index (κ2) is 6.99. The van der Waals surface area contributed by atoms with E-state index in [1.165, 1.54) is 36.6 Å². The maximum absolute atomic E-state index is 13.7. The number of nitrogens with zero attached hydrogens (tertiary/aromatic N) is 3. The van der Waals surface area contributed by atoms with E-state index < -0.39 is 0 Å². The van der Waals surface area contributed by atoms with Gasteiger partial charge < -0.3 is 9.30 Å². The molecule has 0 amide bonds. The van der Waals surface area contributed by atoms with E-state index in [4.69, 9.17) is 9.84 Å². The first kappa shape index (κ1) is 20.1. The molecule has 3 aromatic heterocycles. The van der Waals surface area contributed by atoms with Gasteiger partial charge in [0.1, 0.15) is 17.0 Å². The fourth-order valence-corrected chi connectivity index (χ4v) is 7.84. The number of hydrogen-bond donors (Lipinski definition) is 0. The Kier molecular flexibility index (Phi) is 4.02. The number of aromatic nitrogens is 3. The van der Waals surface area contributed by atoms with E-state index in [0.717, 1.165) is 70.4 Å². The van der Waals surface area contributed by atoms with Crippen molar-refractivity contribution < 1.29 is 9.53 Å². The Bertz CT molecular complexity index is 1520. The zero-order chi connectivity index (χ0) is 23.4. The monoisotopic (exact) mass is 465 g/mol. The van der Waals surface area contributed by atoms with Crippen molar-refractivity contribution in [1.29, 1.82) is 0 Å². The minimum absolute atomic E-state index is 0.183. The van der Waals surface area contributed by atoms with Crippen molar-refractivity contribution in [2.45, 2.75) is 45.6 Å². The fraction of sp³-hybridized carbons (Fsp3) is 0.467. The number of ether oxygens (including phenoxy) is 1. The normalized spacial score (nSPS) is 28.7. The van der Waals surface area contributed by atoms with Gasteiger partial charge in [-0.15, -0.1) is 0 Å². The summed E-state index contributed by atoms with van der Waals surface area (Å²) in [6.45, 7) is 3.16. The summed E-state index contributed by atoms with van der Waals surface area (Å²) < 4.78 is 10.2. The topological polar surface area (TPSA) is 48.5 Å². The second-order valence-corrected chi connectivity index (χ2v) is 11.6. The summed E-state index contributed by atoms with van der Waals surface area (Å²) >= 11 is 0. The Labute approximate surface area is 205 Å². The fourth-order valence-electron chi connectivity index (χ4n) is 7.84. The van der Waals surface area contributed by atoms with Crippen LogP contribution in [0.15, 0.2) is 42.6 Å². The van der Waals surface area contributed by atoms with E-state index in [9.17, 15) is 4.79 Å². The van der Waals surface area contributed by atoms with E-state index in [1.54, 1.807) is 7.11 Å². The number of hydrogen-bond acceptors (Lipinski definition) is 3. The predicted molar refractivity (Wildman–Crippen MR) is 136 cm³/mol. The molecule has 5 nitrogen and oxygen atoms in total. The van der Waals surface area contributed by atoms with Gasteiger partial charge in [-0.25, -0.2) is 4.52 Å². The van der Waals surface area contributed by atoms with Gasteiger partial charge >= 0.3 is 0 Å². The zero-order valence-electron chi connectivity index (χ0n) is 20.4.